The minimum Gasteiger partial charge on any atom is -0.267 e. The number of nitrogens with zero attached hydrogens (tertiary/aromatic N) is 3. The summed E-state index contributed by atoms with van der Waals surface area (Å²) in [4.78, 5) is 11.6. The molecular formula is C10H14N4O. The van der Waals surface area contributed by atoms with Crippen molar-refractivity contribution in [2.45, 2.75) is 33.2 Å². The molecule has 0 saturated heterocycles. The number of aromatic nitrogens is 4. The number of nitrogens with one attached hydrogen (secondary N) is 1. The van der Waals surface area contributed by atoms with Crippen LogP contribution in [0.5, 0.6) is 0 Å². The predicted octanol–water partition coefficient (Wildman–Crippen LogP) is 1.18. The fourth-order valence-electron chi connectivity index (χ4n) is 1.66. The fourth-order valence-corrected chi connectivity index (χ4v) is 1.66. The van der Waals surface area contributed by atoms with Crippen LogP contribution in [0.25, 0.3) is 10.9 Å². The van der Waals surface area contributed by atoms with Gasteiger partial charge < -0.3 is 0 Å². The summed E-state index contributed by atoms with van der Waals surface area (Å²) in [6, 6.07) is 0. The SMILES string of the molecule is Cc1nn(C(C)(C)C)c2cn[nH]c(=O)c12. The Morgan fingerprint density at radius 3 is 2.67 bits per heavy atom. The second-order valence-electron chi connectivity index (χ2n) is 4.63. The monoisotopic (exact) mass is 206 g/mol. The van der Waals surface area contributed by atoms with E-state index in [0.29, 0.717) is 5.39 Å². The van der Waals surface area contributed by atoms with E-state index in [1.54, 1.807) is 6.20 Å². The third-order valence-electron chi connectivity index (χ3n) is 2.31. The van der Waals surface area contributed by atoms with Gasteiger partial charge in [0.1, 0.15) is 0 Å². The van der Waals surface area contributed by atoms with E-state index in [1.807, 2.05) is 32.4 Å². The highest BCUT2D eigenvalue weighted by Crippen LogP contribution is 2.20. The van der Waals surface area contributed by atoms with E-state index in [4.69, 9.17) is 0 Å². The van der Waals surface area contributed by atoms with Gasteiger partial charge >= 0.3 is 0 Å². The summed E-state index contributed by atoms with van der Waals surface area (Å²) in [5.74, 6) is 0. The molecule has 0 atom stereocenters. The second-order valence-corrected chi connectivity index (χ2v) is 4.63. The molecule has 5 nitrogen and oxygen atoms in total. The van der Waals surface area contributed by atoms with E-state index in [0.717, 1.165) is 11.2 Å². The largest absolute Gasteiger partial charge is 0.275 e. The highest BCUT2D eigenvalue weighted by molar-refractivity contribution is 5.79. The third-order valence-corrected chi connectivity index (χ3v) is 2.31. The van der Waals surface area contributed by atoms with Gasteiger partial charge in [0, 0.05) is 0 Å². The molecule has 2 heterocycles. The number of hydrogen-bond acceptors (Lipinski definition) is 3. The van der Waals surface area contributed by atoms with Crippen molar-refractivity contribution >= 4 is 10.9 Å². The van der Waals surface area contributed by atoms with Crippen LogP contribution in [0.4, 0.5) is 0 Å². The zero-order valence-corrected chi connectivity index (χ0v) is 9.33. The first-order valence-electron chi connectivity index (χ1n) is 4.85. The lowest BCUT2D eigenvalue weighted by atomic mass is 10.1. The van der Waals surface area contributed by atoms with E-state index in [9.17, 15) is 4.79 Å². The van der Waals surface area contributed by atoms with Crippen molar-refractivity contribution in [3.63, 3.8) is 0 Å². The molecule has 0 radical (unpaired) electrons. The summed E-state index contributed by atoms with van der Waals surface area (Å²) in [5, 5.41) is 11.2. The first kappa shape index (κ1) is 9.89. The second kappa shape index (κ2) is 2.92. The summed E-state index contributed by atoms with van der Waals surface area (Å²) in [6.45, 7) is 7.96. The van der Waals surface area contributed by atoms with Gasteiger partial charge in [-0.15, -0.1) is 0 Å². The molecule has 0 saturated carbocycles. The third kappa shape index (κ3) is 1.44. The van der Waals surface area contributed by atoms with Gasteiger partial charge in [0.25, 0.3) is 5.56 Å². The summed E-state index contributed by atoms with van der Waals surface area (Å²) in [7, 11) is 0. The first-order valence-corrected chi connectivity index (χ1v) is 4.85. The summed E-state index contributed by atoms with van der Waals surface area (Å²) in [5.41, 5.74) is 1.19. The maximum atomic E-state index is 11.6. The smallest absolute Gasteiger partial charge is 0.267 e. The standard InChI is InChI=1S/C10H14N4O/c1-6-8-7(5-11-12-9(8)15)14(13-6)10(2,3)4/h5H,1-4H3,(H,12,15). The molecule has 2 aromatic heterocycles. The Kier molecular flexibility index (Phi) is 1.92. The van der Waals surface area contributed by atoms with Gasteiger partial charge in [-0.3, -0.25) is 9.48 Å². The van der Waals surface area contributed by atoms with Crippen LogP contribution >= 0.6 is 0 Å². The molecule has 0 bridgehead atoms. The molecule has 0 aliphatic rings. The highest BCUT2D eigenvalue weighted by atomic mass is 16.1. The minimum atomic E-state index is -0.180. The van der Waals surface area contributed by atoms with Crippen LogP contribution < -0.4 is 5.56 Å². The number of fused-ring (bicyclic) bond motifs is 1. The number of aryl methyl sites for hydroxylation is 1. The average Bonchev–Trinajstić information content (AvgIpc) is 2.44. The number of H-pyrrole nitrogens is 1. The molecular weight excluding hydrogens is 192 g/mol. The average molecular weight is 206 g/mol. The van der Waals surface area contributed by atoms with Gasteiger partial charge in [-0.1, -0.05) is 0 Å². The van der Waals surface area contributed by atoms with Gasteiger partial charge in [-0.05, 0) is 27.7 Å². The number of aromatic amines is 1. The zero-order chi connectivity index (χ0) is 11.2. The number of hydrogen-bond donors (Lipinski definition) is 1. The lowest BCUT2D eigenvalue weighted by molar-refractivity contribution is 0.366. The Labute approximate surface area is 87.1 Å². The molecule has 1 N–H and O–H groups in total. The summed E-state index contributed by atoms with van der Waals surface area (Å²) >= 11 is 0. The Bertz CT molecular complexity index is 559. The van der Waals surface area contributed by atoms with Crippen molar-refractivity contribution < 1.29 is 0 Å². The molecule has 0 aliphatic carbocycles. The van der Waals surface area contributed by atoms with Crippen LogP contribution in [0, 0.1) is 6.92 Å². The maximum absolute atomic E-state index is 11.6. The molecule has 0 unspecified atom stereocenters. The lowest BCUT2D eigenvalue weighted by Crippen LogP contribution is -2.23. The quantitative estimate of drug-likeness (QED) is 0.704. The molecule has 15 heavy (non-hydrogen) atoms. The molecule has 5 heteroatoms. The highest BCUT2D eigenvalue weighted by Gasteiger charge is 2.20. The van der Waals surface area contributed by atoms with Crippen molar-refractivity contribution in [3.05, 3.63) is 22.2 Å². The normalized spacial score (nSPS) is 12.3. The maximum Gasteiger partial charge on any atom is 0.275 e. The molecule has 0 aromatic carbocycles. The van der Waals surface area contributed by atoms with E-state index < -0.39 is 0 Å². The Balaban J connectivity index is 2.92. The molecule has 2 rings (SSSR count). The Morgan fingerprint density at radius 1 is 1.40 bits per heavy atom. The van der Waals surface area contributed by atoms with E-state index in [-0.39, 0.29) is 11.1 Å². The first-order chi connectivity index (χ1) is 6.91. The Hall–Kier alpha value is -1.65. The lowest BCUT2D eigenvalue weighted by Gasteiger charge is -2.20. The molecule has 0 amide bonds. The van der Waals surface area contributed by atoms with Crippen molar-refractivity contribution in [3.8, 4) is 0 Å². The van der Waals surface area contributed by atoms with E-state index >= 15 is 0 Å². The summed E-state index contributed by atoms with van der Waals surface area (Å²) < 4.78 is 1.83. The van der Waals surface area contributed by atoms with Crippen molar-refractivity contribution in [1.82, 2.24) is 20.0 Å². The van der Waals surface area contributed by atoms with Gasteiger partial charge in [0.15, 0.2) is 0 Å². The van der Waals surface area contributed by atoms with Crippen molar-refractivity contribution in [2.24, 2.45) is 0 Å². The van der Waals surface area contributed by atoms with Gasteiger partial charge in [-0.2, -0.15) is 10.2 Å². The molecule has 0 aliphatic heterocycles. The minimum absolute atomic E-state index is 0.151. The number of rotatable bonds is 0. The molecule has 0 fully saturated rings. The van der Waals surface area contributed by atoms with Gasteiger partial charge in [0.05, 0.1) is 28.3 Å². The fraction of sp³-hybridized carbons (Fsp3) is 0.500. The van der Waals surface area contributed by atoms with Crippen LogP contribution in [0.3, 0.4) is 0 Å². The van der Waals surface area contributed by atoms with Gasteiger partial charge in [0.2, 0.25) is 0 Å². The van der Waals surface area contributed by atoms with E-state index in [1.165, 1.54) is 0 Å². The predicted molar refractivity (Wildman–Crippen MR) is 57.9 cm³/mol. The van der Waals surface area contributed by atoms with Gasteiger partial charge in [-0.25, -0.2) is 5.10 Å². The van der Waals surface area contributed by atoms with Crippen LogP contribution in [-0.2, 0) is 5.54 Å². The summed E-state index contributed by atoms with van der Waals surface area (Å²) in [6.07, 6.45) is 1.64. The van der Waals surface area contributed by atoms with Crippen LogP contribution in [-0.4, -0.2) is 20.0 Å². The van der Waals surface area contributed by atoms with Crippen molar-refractivity contribution in [1.29, 1.82) is 0 Å². The topological polar surface area (TPSA) is 63.6 Å². The molecule has 0 spiro atoms. The van der Waals surface area contributed by atoms with Crippen LogP contribution in [0.15, 0.2) is 11.0 Å². The molecule has 80 valence electrons. The zero-order valence-electron chi connectivity index (χ0n) is 9.33. The Morgan fingerprint density at radius 2 is 2.07 bits per heavy atom. The van der Waals surface area contributed by atoms with Crippen LogP contribution in [0.1, 0.15) is 26.5 Å². The van der Waals surface area contributed by atoms with Crippen LogP contribution in [0.2, 0.25) is 0 Å². The molecule has 2 aromatic rings. The van der Waals surface area contributed by atoms with E-state index in [2.05, 4.69) is 15.3 Å². The van der Waals surface area contributed by atoms with Crippen molar-refractivity contribution in [2.75, 3.05) is 0 Å².